The van der Waals surface area contributed by atoms with Crippen LogP contribution in [0.1, 0.15) is 0 Å². The zero-order valence-corrected chi connectivity index (χ0v) is 14.5. The third kappa shape index (κ3) is 3.41. The van der Waals surface area contributed by atoms with E-state index in [1.54, 1.807) is 17.8 Å². The Labute approximate surface area is 142 Å². The number of hydrogen-bond donors (Lipinski definition) is 2. The number of rotatable bonds is 3. The van der Waals surface area contributed by atoms with E-state index in [2.05, 4.69) is 43.1 Å². The molecule has 0 unspecified atom stereocenters. The quantitative estimate of drug-likeness (QED) is 0.751. The first-order chi connectivity index (χ1) is 10.6. The van der Waals surface area contributed by atoms with Crippen LogP contribution in [-0.2, 0) is 7.05 Å². The first-order valence-electron chi connectivity index (χ1n) is 7.18. The van der Waals surface area contributed by atoms with Gasteiger partial charge in [0.2, 0.25) is 0 Å². The van der Waals surface area contributed by atoms with Crippen molar-refractivity contribution < 1.29 is 0 Å². The van der Waals surface area contributed by atoms with E-state index in [0.29, 0.717) is 11.5 Å². The summed E-state index contributed by atoms with van der Waals surface area (Å²) in [5.74, 6) is 0.679. The first kappa shape index (κ1) is 15.3. The van der Waals surface area contributed by atoms with Crippen LogP contribution in [0.3, 0.4) is 0 Å². The van der Waals surface area contributed by atoms with Gasteiger partial charge in [0.25, 0.3) is 5.56 Å². The van der Waals surface area contributed by atoms with Gasteiger partial charge in [0, 0.05) is 43.0 Å². The molecule has 2 N–H and O–H groups in total. The molecule has 0 spiro atoms. The number of aryl methyl sites for hydroxylation is 1. The SMILES string of the molecule is Cn1cc(I)cc(Nc2ccc(N3CCNCC3)cn2)c1=O. The molecule has 22 heavy (non-hydrogen) atoms. The van der Waals surface area contributed by atoms with Crippen molar-refractivity contribution in [1.82, 2.24) is 14.9 Å². The highest BCUT2D eigenvalue weighted by molar-refractivity contribution is 14.1. The summed E-state index contributed by atoms with van der Waals surface area (Å²) in [6.45, 7) is 3.98. The van der Waals surface area contributed by atoms with Crippen molar-refractivity contribution in [3.8, 4) is 0 Å². The number of nitrogens with zero attached hydrogens (tertiary/aromatic N) is 3. The molecule has 2 aromatic rings. The standard InChI is InChI=1S/C15H18IN5O/c1-20-10-11(16)8-13(15(20)22)19-14-3-2-12(9-18-14)21-6-4-17-5-7-21/h2-3,8-10,17H,4-7H2,1H3,(H,18,19). The zero-order chi connectivity index (χ0) is 15.5. The van der Waals surface area contributed by atoms with Gasteiger partial charge < -0.3 is 20.1 Å². The molecule has 116 valence electrons. The van der Waals surface area contributed by atoms with Gasteiger partial charge in [0.1, 0.15) is 11.5 Å². The van der Waals surface area contributed by atoms with Gasteiger partial charge in [-0.3, -0.25) is 4.79 Å². The van der Waals surface area contributed by atoms with E-state index in [1.165, 1.54) is 0 Å². The van der Waals surface area contributed by atoms with Gasteiger partial charge in [-0.1, -0.05) is 0 Å². The van der Waals surface area contributed by atoms with E-state index in [-0.39, 0.29) is 5.56 Å². The van der Waals surface area contributed by atoms with Crippen LogP contribution in [0.2, 0.25) is 0 Å². The van der Waals surface area contributed by atoms with Crippen molar-refractivity contribution in [3.63, 3.8) is 0 Å². The van der Waals surface area contributed by atoms with E-state index >= 15 is 0 Å². The fourth-order valence-electron chi connectivity index (χ4n) is 2.47. The lowest BCUT2D eigenvalue weighted by atomic mass is 10.3. The zero-order valence-electron chi connectivity index (χ0n) is 12.3. The lowest BCUT2D eigenvalue weighted by Gasteiger charge is -2.29. The molecule has 0 radical (unpaired) electrons. The van der Waals surface area contributed by atoms with Crippen molar-refractivity contribution in [3.05, 3.63) is 44.5 Å². The number of piperazine rings is 1. The molecule has 0 saturated carbocycles. The van der Waals surface area contributed by atoms with Crippen LogP contribution in [0, 0.1) is 3.57 Å². The predicted molar refractivity (Wildman–Crippen MR) is 97.0 cm³/mol. The highest BCUT2D eigenvalue weighted by Gasteiger charge is 2.11. The van der Waals surface area contributed by atoms with Crippen LogP contribution in [0.15, 0.2) is 35.4 Å². The maximum atomic E-state index is 12.1. The summed E-state index contributed by atoms with van der Waals surface area (Å²) in [6.07, 6.45) is 3.65. The predicted octanol–water partition coefficient (Wildman–Crippen LogP) is 1.54. The van der Waals surface area contributed by atoms with Gasteiger partial charge in [-0.15, -0.1) is 0 Å². The third-order valence-electron chi connectivity index (χ3n) is 3.64. The van der Waals surface area contributed by atoms with Gasteiger partial charge in [-0.05, 0) is 40.8 Å². The molecule has 0 bridgehead atoms. The van der Waals surface area contributed by atoms with Crippen molar-refractivity contribution >= 4 is 39.8 Å². The summed E-state index contributed by atoms with van der Waals surface area (Å²) < 4.78 is 2.57. The van der Waals surface area contributed by atoms with Gasteiger partial charge in [-0.25, -0.2) is 4.98 Å². The molecule has 0 atom stereocenters. The van der Waals surface area contributed by atoms with Gasteiger partial charge >= 0.3 is 0 Å². The molecular weight excluding hydrogens is 393 g/mol. The molecule has 3 heterocycles. The van der Waals surface area contributed by atoms with Crippen LogP contribution < -0.4 is 21.1 Å². The molecule has 1 aliphatic rings. The number of halogens is 1. The Balaban J connectivity index is 1.77. The van der Waals surface area contributed by atoms with E-state index in [0.717, 1.165) is 35.4 Å². The van der Waals surface area contributed by atoms with Crippen LogP contribution in [0.25, 0.3) is 0 Å². The number of anilines is 3. The second-order valence-electron chi connectivity index (χ2n) is 5.25. The van der Waals surface area contributed by atoms with Crippen LogP contribution >= 0.6 is 22.6 Å². The average molecular weight is 411 g/mol. The Morgan fingerprint density at radius 2 is 2.09 bits per heavy atom. The minimum Gasteiger partial charge on any atom is -0.368 e. The molecule has 7 heteroatoms. The molecule has 3 rings (SSSR count). The first-order valence-corrected chi connectivity index (χ1v) is 8.26. The number of aromatic nitrogens is 2. The molecule has 1 aliphatic heterocycles. The Hall–Kier alpha value is -1.61. The maximum absolute atomic E-state index is 12.1. The monoisotopic (exact) mass is 411 g/mol. The Kier molecular flexibility index (Phi) is 4.63. The number of hydrogen-bond acceptors (Lipinski definition) is 5. The van der Waals surface area contributed by atoms with Crippen molar-refractivity contribution in [1.29, 1.82) is 0 Å². The molecular formula is C15H18IN5O. The third-order valence-corrected chi connectivity index (χ3v) is 4.23. The van der Waals surface area contributed by atoms with Gasteiger partial charge in [0.15, 0.2) is 0 Å². The number of nitrogens with one attached hydrogen (secondary N) is 2. The van der Waals surface area contributed by atoms with E-state index < -0.39 is 0 Å². The summed E-state index contributed by atoms with van der Waals surface area (Å²) in [5, 5.41) is 6.44. The summed E-state index contributed by atoms with van der Waals surface area (Å²) in [5.41, 5.74) is 1.59. The molecule has 0 aromatic carbocycles. The summed E-state index contributed by atoms with van der Waals surface area (Å²) in [4.78, 5) is 18.8. The average Bonchev–Trinajstić information content (AvgIpc) is 2.54. The fraction of sp³-hybridized carbons (Fsp3) is 0.333. The molecule has 0 amide bonds. The molecule has 1 saturated heterocycles. The van der Waals surface area contributed by atoms with E-state index in [1.807, 2.05) is 24.4 Å². The maximum Gasteiger partial charge on any atom is 0.274 e. The second-order valence-corrected chi connectivity index (χ2v) is 6.50. The Morgan fingerprint density at radius 3 is 2.77 bits per heavy atom. The highest BCUT2D eigenvalue weighted by atomic mass is 127. The lowest BCUT2D eigenvalue weighted by Crippen LogP contribution is -2.43. The molecule has 6 nitrogen and oxygen atoms in total. The van der Waals surface area contributed by atoms with E-state index in [9.17, 15) is 4.79 Å². The van der Waals surface area contributed by atoms with Gasteiger partial charge in [0.05, 0.1) is 11.9 Å². The van der Waals surface area contributed by atoms with Crippen molar-refractivity contribution in [2.45, 2.75) is 0 Å². The summed E-state index contributed by atoms with van der Waals surface area (Å²) >= 11 is 2.19. The minimum absolute atomic E-state index is 0.0617. The minimum atomic E-state index is -0.0617. The number of pyridine rings is 2. The van der Waals surface area contributed by atoms with Crippen LogP contribution in [-0.4, -0.2) is 35.7 Å². The van der Waals surface area contributed by atoms with Crippen LogP contribution in [0.4, 0.5) is 17.2 Å². The Morgan fingerprint density at radius 1 is 1.32 bits per heavy atom. The topological polar surface area (TPSA) is 62.2 Å². The van der Waals surface area contributed by atoms with E-state index in [4.69, 9.17) is 0 Å². The second kappa shape index (κ2) is 6.66. The normalized spacial score (nSPS) is 14.9. The largest absolute Gasteiger partial charge is 0.368 e. The molecule has 0 aliphatic carbocycles. The smallest absolute Gasteiger partial charge is 0.274 e. The fourth-order valence-corrected chi connectivity index (χ4v) is 3.20. The van der Waals surface area contributed by atoms with Crippen LogP contribution in [0.5, 0.6) is 0 Å². The van der Waals surface area contributed by atoms with Crippen molar-refractivity contribution in [2.24, 2.45) is 7.05 Å². The summed E-state index contributed by atoms with van der Waals surface area (Å²) in [7, 11) is 1.75. The Bertz CT molecular complexity index is 707. The van der Waals surface area contributed by atoms with Crippen molar-refractivity contribution in [2.75, 3.05) is 36.4 Å². The lowest BCUT2D eigenvalue weighted by molar-refractivity contribution is 0.589. The summed E-state index contributed by atoms with van der Waals surface area (Å²) in [6, 6.07) is 5.78. The highest BCUT2D eigenvalue weighted by Crippen LogP contribution is 2.18. The van der Waals surface area contributed by atoms with Gasteiger partial charge in [-0.2, -0.15) is 0 Å². The molecule has 2 aromatic heterocycles. The molecule has 1 fully saturated rings.